The van der Waals surface area contributed by atoms with Crippen LogP contribution in [-0.4, -0.2) is 28.7 Å². The Kier molecular flexibility index (Phi) is 11.4. The molecular formula is C66H50N2O8. The maximum Gasteiger partial charge on any atom is 0.266 e. The molecule has 0 aromatic heterocycles. The van der Waals surface area contributed by atoms with Gasteiger partial charge in [-0.05, 0) is 101 Å². The summed E-state index contributed by atoms with van der Waals surface area (Å²) in [6.07, 6.45) is 6.10. The molecule has 76 heavy (non-hydrogen) atoms. The zero-order chi connectivity index (χ0) is 52.8. The number of nitrogens with zero attached hydrogens (tertiary/aromatic N) is 2. The molecule has 2 aliphatic heterocycles. The van der Waals surface area contributed by atoms with Crippen LogP contribution in [0.2, 0.25) is 0 Å². The molecule has 0 saturated heterocycles. The molecule has 10 aromatic rings. The number of aromatic hydroxyl groups is 1. The zero-order valence-corrected chi connectivity index (χ0v) is 42.6. The molecule has 0 saturated carbocycles. The topological polar surface area (TPSA) is 123 Å². The van der Waals surface area contributed by atoms with Gasteiger partial charge >= 0.3 is 0 Å². The van der Waals surface area contributed by atoms with Crippen LogP contribution >= 0.6 is 0 Å². The summed E-state index contributed by atoms with van der Waals surface area (Å²) >= 11 is 0. The number of carbonyl (C=O) groups excluding carboxylic acids is 4. The lowest BCUT2D eigenvalue weighted by molar-refractivity contribution is 0.0877. The van der Waals surface area contributed by atoms with Crippen LogP contribution in [0.4, 0.5) is 11.4 Å². The fourth-order valence-corrected chi connectivity index (χ4v) is 11.4. The number of hydrogen-bond donors (Lipinski definition) is 1. The van der Waals surface area contributed by atoms with Gasteiger partial charge in [-0.15, -0.1) is 12.3 Å². The molecule has 0 unspecified atom stereocenters. The van der Waals surface area contributed by atoms with Crippen molar-refractivity contribution in [3.8, 4) is 52.6 Å². The zero-order valence-electron chi connectivity index (χ0n) is 42.6. The maximum atomic E-state index is 15.8. The quantitative estimate of drug-likeness (QED) is 0.0556. The van der Waals surface area contributed by atoms with Crippen molar-refractivity contribution in [2.24, 2.45) is 0 Å². The van der Waals surface area contributed by atoms with E-state index in [1.165, 1.54) is 15.9 Å². The van der Waals surface area contributed by atoms with Crippen LogP contribution in [0.25, 0.3) is 43.1 Å². The number of hydrogen-bond acceptors (Lipinski definition) is 8. The highest BCUT2D eigenvalue weighted by Gasteiger charge is 2.43. The Hall–Kier alpha value is -9.46. The van der Waals surface area contributed by atoms with Crippen LogP contribution in [-0.2, 0) is 6.42 Å². The number of anilines is 2. The Morgan fingerprint density at radius 2 is 0.763 bits per heavy atom. The van der Waals surface area contributed by atoms with E-state index in [-0.39, 0.29) is 85.6 Å². The van der Waals surface area contributed by atoms with Gasteiger partial charge in [-0.2, -0.15) is 0 Å². The normalized spacial score (nSPS) is 13.4. The molecule has 10 heteroatoms. The average molecular weight is 999 g/mol. The lowest BCUT2D eigenvalue weighted by Crippen LogP contribution is -2.42. The first kappa shape index (κ1) is 47.5. The lowest BCUT2D eigenvalue weighted by atomic mass is 9.80. The largest absolute Gasteiger partial charge is 0.507 e. The SMILES string of the molecule is C#CCc1cccc(C(C)C)c1N1C(=O)c2cc(Oc3ccccc3)c3c4c(O)cc5c6c(cc(Oc7ccccc7)c(c7c(Oc8ccccc8)cc(c2c37)C1=O)c64)C(=O)N(c1c(C(C)C)cccc1C(C)C)C5=O. The first-order valence-corrected chi connectivity index (χ1v) is 25.5. The molecule has 2 heterocycles. The fraction of sp³-hybridized carbons (Fsp3) is 0.152. The van der Waals surface area contributed by atoms with E-state index in [2.05, 4.69) is 5.92 Å². The van der Waals surface area contributed by atoms with Crippen molar-refractivity contribution in [3.05, 3.63) is 196 Å². The summed E-state index contributed by atoms with van der Waals surface area (Å²) < 4.78 is 20.9. The second-order valence-corrected chi connectivity index (χ2v) is 20.3. The van der Waals surface area contributed by atoms with Crippen LogP contribution in [0.1, 0.15) is 123 Å². The molecule has 2 aliphatic rings. The summed E-state index contributed by atoms with van der Waals surface area (Å²) in [6.45, 7) is 12.1. The summed E-state index contributed by atoms with van der Waals surface area (Å²) in [5, 5.41) is 15.4. The smallest absolute Gasteiger partial charge is 0.266 e. The van der Waals surface area contributed by atoms with E-state index in [1.807, 2.05) is 133 Å². The van der Waals surface area contributed by atoms with Gasteiger partial charge in [0.1, 0.15) is 40.2 Å². The molecule has 0 radical (unpaired) electrons. The highest BCUT2D eigenvalue weighted by atomic mass is 16.5. The van der Waals surface area contributed by atoms with Crippen LogP contribution in [0, 0.1) is 12.3 Å². The van der Waals surface area contributed by atoms with Crippen LogP contribution in [0.5, 0.6) is 40.2 Å². The number of carbonyl (C=O) groups is 4. The first-order chi connectivity index (χ1) is 36.8. The van der Waals surface area contributed by atoms with Gasteiger partial charge in [0.25, 0.3) is 23.6 Å². The standard InChI is InChI=1S/C66H50N2O8/c1-8-20-38-21-18-28-42(35(2)3)61(38)67-64(71)47-32-50(74-39-22-12-9-13-23-39)56-55-49(69)31-45-53-46(66(73)68(63(45)70)62-43(36(4)5)29-19-30-44(62)37(6)7)33-51(75-40-24-14-10-15-25-40)57(59(53)55)58-52(76-41-26-16-11-17-27-41)34-48(65(67)72)54(47)60(56)58/h1,9-19,21-37,69H,20H2,2-7H3. The van der Waals surface area contributed by atoms with Crippen LogP contribution in [0.3, 0.4) is 0 Å². The van der Waals surface area contributed by atoms with Gasteiger partial charge in [-0.25, -0.2) is 9.80 Å². The number of benzene rings is 10. The van der Waals surface area contributed by atoms with E-state index < -0.39 is 23.6 Å². The average Bonchev–Trinajstić information content (AvgIpc) is 3.49. The Morgan fingerprint density at radius 3 is 1.16 bits per heavy atom. The number of para-hydroxylation sites is 5. The predicted molar refractivity (Wildman–Crippen MR) is 299 cm³/mol. The first-order valence-electron chi connectivity index (χ1n) is 25.5. The van der Waals surface area contributed by atoms with Gasteiger partial charge in [0.05, 0.1) is 33.6 Å². The van der Waals surface area contributed by atoms with Gasteiger partial charge in [0.2, 0.25) is 0 Å². The number of ether oxygens (including phenoxy) is 3. The Morgan fingerprint density at radius 1 is 0.421 bits per heavy atom. The third-order valence-corrected chi connectivity index (χ3v) is 14.7. The number of amides is 4. The van der Waals surface area contributed by atoms with Gasteiger partial charge in [0, 0.05) is 49.5 Å². The molecular weight excluding hydrogens is 949 g/mol. The Bertz CT molecular complexity index is 4090. The van der Waals surface area contributed by atoms with E-state index in [9.17, 15) is 5.11 Å². The minimum absolute atomic E-state index is 0.0677. The fourth-order valence-electron chi connectivity index (χ4n) is 11.4. The van der Waals surface area contributed by atoms with Crippen molar-refractivity contribution in [3.63, 3.8) is 0 Å². The number of rotatable bonds is 12. The van der Waals surface area contributed by atoms with Crippen molar-refractivity contribution in [2.45, 2.75) is 65.7 Å². The maximum absolute atomic E-state index is 15.8. The molecule has 12 rings (SSSR count). The van der Waals surface area contributed by atoms with Crippen LogP contribution < -0.4 is 24.0 Å². The second kappa shape index (κ2) is 18.2. The van der Waals surface area contributed by atoms with Gasteiger partial charge in [-0.3, -0.25) is 19.2 Å². The van der Waals surface area contributed by atoms with Gasteiger partial charge in [-0.1, -0.05) is 133 Å². The predicted octanol–water partition coefficient (Wildman–Crippen LogP) is 16.0. The van der Waals surface area contributed by atoms with Crippen molar-refractivity contribution in [2.75, 3.05) is 9.80 Å². The van der Waals surface area contributed by atoms with Crippen LogP contribution in [0.15, 0.2) is 152 Å². The van der Waals surface area contributed by atoms with E-state index in [0.717, 1.165) is 16.7 Å². The van der Waals surface area contributed by atoms with E-state index in [1.54, 1.807) is 54.6 Å². The Labute approximate surface area is 439 Å². The third-order valence-electron chi connectivity index (χ3n) is 14.7. The van der Waals surface area contributed by atoms with E-state index in [0.29, 0.717) is 61.1 Å². The van der Waals surface area contributed by atoms with Crippen molar-refractivity contribution >= 4 is 78.1 Å². The number of fused-ring (bicyclic) bond motifs is 2. The lowest BCUT2D eigenvalue weighted by Gasteiger charge is -2.34. The summed E-state index contributed by atoms with van der Waals surface area (Å²) in [7, 11) is 0. The number of terminal acetylenes is 1. The molecule has 0 atom stereocenters. The van der Waals surface area contributed by atoms with E-state index >= 15 is 19.2 Å². The summed E-state index contributed by atoms with van der Waals surface area (Å²) in [5.41, 5.74) is 4.44. The molecule has 4 amide bonds. The molecule has 0 spiro atoms. The summed E-state index contributed by atoms with van der Waals surface area (Å²) in [5.74, 6) is 1.52. The molecule has 10 nitrogen and oxygen atoms in total. The number of phenols is 1. The van der Waals surface area contributed by atoms with Gasteiger partial charge in [0.15, 0.2) is 0 Å². The molecule has 1 N–H and O–H groups in total. The molecule has 10 aromatic carbocycles. The Balaban J connectivity index is 1.28. The number of phenolic OH excluding ortho intramolecular Hbond substituents is 1. The van der Waals surface area contributed by atoms with E-state index in [4.69, 9.17) is 20.6 Å². The van der Waals surface area contributed by atoms with Gasteiger partial charge < -0.3 is 19.3 Å². The third kappa shape index (κ3) is 7.25. The van der Waals surface area contributed by atoms with Crippen molar-refractivity contribution in [1.29, 1.82) is 0 Å². The minimum atomic E-state index is -0.615. The molecule has 0 bridgehead atoms. The number of imide groups is 2. The monoisotopic (exact) mass is 998 g/mol. The molecule has 0 aliphatic carbocycles. The second-order valence-electron chi connectivity index (χ2n) is 20.3. The highest BCUT2D eigenvalue weighted by Crippen LogP contribution is 2.58. The molecule has 0 fully saturated rings. The highest BCUT2D eigenvalue weighted by molar-refractivity contribution is 6.48. The minimum Gasteiger partial charge on any atom is -0.507 e. The summed E-state index contributed by atoms with van der Waals surface area (Å²) in [4.78, 5) is 65.4. The summed E-state index contributed by atoms with van der Waals surface area (Å²) in [6, 6.07) is 45.0. The van der Waals surface area contributed by atoms with Crippen molar-refractivity contribution in [1.82, 2.24) is 0 Å². The van der Waals surface area contributed by atoms with Crippen molar-refractivity contribution < 1.29 is 38.5 Å². The molecule has 372 valence electrons.